The normalized spacial score (nSPS) is 18.6. The van der Waals surface area contributed by atoms with Gasteiger partial charge < -0.3 is 4.90 Å². The monoisotopic (exact) mass is 407 g/mol. The van der Waals surface area contributed by atoms with Gasteiger partial charge in [0.05, 0.1) is 10.4 Å². The maximum atomic E-state index is 13.3. The van der Waals surface area contributed by atoms with Crippen LogP contribution < -0.4 is 0 Å². The Labute approximate surface area is 174 Å². The van der Waals surface area contributed by atoms with Crippen molar-refractivity contribution in [1.82, 2.24) is 14.4 Å². The van der Waals surface area contributed by atoms with Gasteiger partial charge in [-0.25, -0.2) is 0 Å². The molecule has 1 aromatic carbocycles. The molecule has 0 radical (unpaired) electrons. The molecule has 0 unspecified atom stereocenters. The van der Waals surface area contributed by atoms with Crippen LogP contribution in [0.4, 0.5) is 0 Å². The Morgan fingerprint density at radius 1 is 0.897 bits per heavy atom. The fourth-order valence-electron chi connectivity index (χ4n) is 4.78. The van der Waals surface area contributed by atoms with Crippen molar-refractivity contribution in [2.45, 2.75) is 31.7 Å². The molecule has 29 heavy (non-hydrogen) atoms. The Morgan fingerprint density at radius 3 is 2.41 bits per heavy atom. The molecule has 1 saturated heterocycles. The van der Waals surface area contributed by atoms with E-state index in [0.717, 1.165) is 37.1 Å². The van der Waals surface area contributed by atoms with Crippen molar-refractivity contribution in [2.24, 2.45) is 0 Å². The van der Waals surface area contributed by atoms with Crippen molar-refractivity contribution in [1.29, 1.82) is 0 Å². The molecule has 2 fully saturated rings. The van der Waals surface area contributed by atoms with Crippen LogP contribution in [0.5, 0.6) is 0 Å². The smallest absolute Gasteiger partial charge is 0.272 e. The first kappa shape index (κ1) is 18.6. The van der Waals surface area contributed by atoms with E-state index in [1.54, 1.807) is 10.8 Å². The first-order valence-electron chi connectivity index (χ1n) is 10.4. The molecule has 1 aliphatic heterocycles. The summed E-state index contributed by atoms with van der Waals surface area (Å²) in [5, 5.41) is 2.75. The molecule has 3 aromatic rings. The number of nitrogens with zero attached hydrogens (tertiary/aromatic N) is 3. The number of hydrogen-bond acceptors (Lipinski definition) is 4. The molecule has 0 spiro atoms. The lowest BCUT2D eigenvalue weighted by Gasteiger charge is -2.38. The van der Waals surface area contributed by atoms with Gasteiger partial charge in [0.15, 0.2) is 0 Å². The molecule has 5 rings (SSSR count). The molecule has 3 heterocycles. The Morgan fingerprint density at radius 2 is 1.69 bits per heavy atom. The molecule has 2 aromatic heterocycles. The summed E-state index contributed by atoms with van der Waals surface area (Å²) in [5.41, 5.74) is 1.48. The molecule has 1 aliphatic carbocycles. The fraction of sp³-hybridized carbons (Fsp3) is 0.391. The predicted octanol–water partition coefficient (Wildman–Crippen LogP) is 4.09. The third-order valence-corrected chi connectivity index (χ3v) is 7.21. The third kappa shape index (κ3) is 3.40. The maximum Gasteiger partial charge on any atom is 0.272 e. The largest absolute Gasteiger partial charge is 0.336 e. The second-order valence-electron chi connectivity index (χ2n) is 7.97. The lowest BCUT2D eigenvalue weighted by molar-refractivity contribution is 0.0575. The van der Waals surface area contributed by atoms with E-state index in [0.29, 0.717) is 16.5 Å². The summed E-state index contributed by atoms with van der Waals surface area (Å²) in [7, 11) is 0. The fourth-order valence-corrected chi connectivity index (χ4v) is 5.44. The second-order valence-corrected chi connectivity index (χ2v) is 8.92. The number of amides is 1. The Bertz CT molecular complexity index is 1030. The van der Waals surface area contributed by atoms with Crippen LogP contribution in [0.25, 0.3) is 10.9 Å². The summed E-state index contributed by atoms with van der Waals surface area (Å²) >= 11 is 1.43. The van der Waals surface area contributed by atoms with Crippen LogP contribution >= 0.6 is 11.3 Å². The highest BCUT2D eigenvalue weighted by atomic mass is 32.1. The molecule has 0 atom stereocenters. The van der Waals surface area contributed by atoms with Gasteiger partial charge >= 0.3 is 0 Å². The zero-order valence-corrected chi connectivity index (χ0v) is 17.2. The van der Waals surface area contributed by atoms with E-state index in [2.05, 4.69) is 4.90 Å². The van der Waals surface area contributed by atoms with Crippen LogP contribution in [0, 0.1) is 0 Å². The molecule has 6 heteroatoms. The van der Waals surface area contributed by atoms with Crippen LogP contribution in [0.2, 0.25) is 0 Å². The van der Waals surface area contributed by atoms with Crippen molar-refractivity contribution in [2.75, 3.05) is 26.2 Å². The van der Waals surface area contributed by atoms with Gasteiger partial charge in [-0.05, 0) is 42.5 Å². The molecule has 5 nitrogen and oxygen atoms in total. The molecular weight excluding hydrogens is 382 g/mol. The van der Waals surface area contributed by atoms with Gasteiger partial charge in [0.2, 0.25) is 0 Å². The van der Waals surface area contributed by atoms with Gasteiger partial charge in [-0.15, -0.1) is 11.3 Å². The molecule has 0 bridgehead atoms. The topological polar surface area (TPSA) is 45.6 Å². The van der Waals surface area contributed by atoms with Crippen molar-refractivity contribution in [3.63, 3.8) is 0 Å². The minimum Gasteiger partial charge on any atom is -0.336 e. The van der Waals surface area contributed by atoms with Gasteiger partial charge in [-0.1, -0.05) is 25.0 Å². The number of benzene rings is 1. The van der Waals surface area contributed by atoms with Crippen molar-refractivity contribution >= 4 is 34.1 Å². The van der Waals surface area contributed by atoms with E-state index < -0.39 is 0 Å². The highest BCUT2D eigenvalue weighted by molar-refractivity contribution is 7.12. The molecule has 2 aliphatic rings. The number of carbonyl (C=O) groups excluding carboxylic acids is 2. The highest BCUT2D eigenvalue weighted by Gasteiger charge is 2.29. The number of thiophene rings is 1. The Hall–Kier alpha value is -2.44. The van der Waals surface area contributed by atoms with Crippen LogP contribution in [0.15, 0.2) is 48.0 Å². The molecule has 150 valence electrons. The summed E-state index contributed by atoms with van der Waals surface area (Å²) in [6.07, 6.45) is 7.07. The van der Waals surface area contributed by atoms with Gasteiger partial charge in [-0.3, -0.25) is 19.1 Å². The van der Waals surface area contributed by atoms with Crippen LogP contribution in [-0.2, 0) is 0 Å². The summed E-state index contributed by atoms with van der Waals surface area (Å²) < 4.78 is 1.65. The van der Waals surface area contributed by atoms with Crippen molar-refractivity contribution < 1.29 is 9.59 Å². The van der Waals surface area contributed by atoms with E-state index >= 15 is 0 Å². The number of aromatic nitrogens is 1. The molecule has 0 N–H and O–H groups in total. The SMILES string of the molecule is O=C(c1cccc2c1ccn2C(=O)c1cccs1)N1CCN(C2CCCC2)CC1. The zero-order valence-electron chi connectivity index (χ0n) is 16.4. The number of hydrogen-bond donors (Lipinski definition) is 0. The maximum absolute atomic E-state index is 13.3. The predicted molar refractivity (Wildman–Crippen MR) is 116 cm³/mol. The highest BCUT2D eigenvalue weighted by Crippen LogP contribution is 2.26. The van der Waals surface area contributed by atoms with E-state index in [-0.39, 0.29) is 11.8 Å². The van der Waals surface area contributed by atoms with E-state index in [1.807, 2.05) is 46.7 Å². The van der Waals surface area contributed by atoms with Gasteiger partial charge in [0.1, 0.15) is 0 Å². The lowest BCUT2D eigenvalue weighted by Crippen LogP contribution is -2.51. The average molecular weight is 408 g/mol. The van der Waals surface area contributed by atoms with Gasteiger partial charge in [0, 0.05) is 49.4 Å². The second kappa shape index (κ2) is 7.76. The minimum absolute atomic E-state index is 0.0511. The molecular formula is C23H25N3O2S. The Kier molecular flexibility index (Phi) is 4.97. The summed E-state index contributed by atoms with van der Waals surface area (Å²) in [4.78, 5) is 31.3. The first-order chi connectivity index (χ1) is 14.2. The van der Waals surface area contributed by atoms with Crippen LogP contribution in [0.3, 0.4) is 0 Å². The number of piperazine rings is 1. The third-order valence-electron chi connectivity index (χ3n) is 6.36. The van der Waals surface area contributed by atoms with Crippen molar-refractivity contribution in [3.8, 4) is 0 Å². The quantitative estimate of drug-likeness (QED) is 0.657. The van der Waals surface area contributed by atoms with Crippen molar-refractivity contribution in [3.05, 3.63) is 58.4 Å². The first-order valence-corrected chi connectivity index (χ1v) is 11.3. The molecule has 1 saturated carbocycles. The average Bonchev–Trinajstić information content (AvgIpc) is 3.54. The minimum atomic E-state index is -0.0511. The standard InChI is InChI=1S/C23H25N3O2S/c27-22(25-14-12-24(13-15-25)17-5-1-2-6-17)19-7-3-8-20-18(19)10-11-26(20)23(28)21-9-4-16-29-21/h3-4,7-11,16-17H,1-2,5-6,12-15H2. The number of fused-ring (bicyclic) bond motifs is 1. The van der Waals surface area contributed by atoms with Crippen LogP contribution in [-0.4, -0.2) is 58.4 Å². The summed E-state index contributed by atoms with van der Waals surface area (Å²) in [6, 6.07) is 12.0. The summed E-state index contributed by atoms with van der Waals surface area (Å²) in [5.74, 6) is 0.0211. The molecule has 1 amide bonds. The van der Waals surface area contributed by atoms with E-state index in [1.165, 1.54) is 37.0 Å². The summed E-state index contributed by atoms with van der Waals surface area (Å²) in [6.45, 7) is 3.48. The van der Waals surface area contributed by atoms with Gasteiger partial charge in [0.25, 0.3) is 11.8 Å². The van der Waals surface area contributed by atoms with E-state index in [4.69, 9.17) is 0 Å². The lowest BCUT2D eigenvalue weighted by atomic mass is 10.1. The number of carbonyl (C=O) groups is 2. The number of rotatable bonds is 3. The zero-order chi connectivity index (χ0) is 19.8. The Balaban J connectivity index is 1.36. The van der Waals surface area contributed by atoms with Crippen LogP contribution in [0.1, 0.15) is 45.7 Å². The van der Waals surface area contributed by atoms with E-state index in [9.17, 15) is 9.59 Å². The van der Waals surface area contributed by atoms with Gasteiger partial charge in [-0.2, -0.15) is 0 Å².